The minimum absolute atomic E-state index is 0.0980. The molecule has 0 unspecified atom stereocenters. The van der Waals surface area contributed by atoms with E-state index in [-0.39, 0.29) is 18.3 Å². The van der Waals surface area contributed by atoms with Crippen LogP contribution in [0.2, 0.25) is 10.0 Å². The Morgan fingerprint density at radius 1 is 1.10 bits per heavy atom. The molecule has 3 aromatic rings. The molecule has 0 saturated carbocycles. The highest BCUT2D eigenvalue weighted by molar-refractivity contribution is 6.35. The lowest BCUT2D eigenvalue weighted by Gasteiger charge is -2.34. The van der Waals surface area contributed by atoms with E-state index in [1.807, 2.05) is 0 Å². The fourth-order valence-electron chi connectivity index (χ4n) is 3.29. The highest BCUT2D eigenvalue weighted by Gasteiger charge is 2.23. The van der Waals surface area contributed by atoms with E-state index in [1.165, 1.54) is 16.8 Å². The van der Waals surface area contributed by atoms with Crippen LogP contribution in [-0.2, 0) is 11.3 Å². The number of nitrogens with zero attached hydrogens (tertiary/aromatic N) is 6. The average molecular weight is 465 g/mol. The van der Waals surface area contributed by atoms with Gasteiger partial charge in [0.05, 0.1) is 17.3 Å². The predicted octanol–water partition coefficient (Wildman–Crippen LogP) is 2.83. The van der Waals surface area contributed by atoms with Gasteiger partial charge < -0.3 is 9.64 Å². The molecule has 0 radical (unpaired) electrons. The summed E-state index contributed by atoms with van der Waals surface area (Å²) in [5.74, 6) is 0.553. The zero-order valence-electron chi connectivity index (χ0n) is 16.4. The smallest absolute Gasteiger partial charge is 0.260 e. The molecule has 0 aliphatic carbocycles. The zero-order valence-corrected chi connectivity index (χ0v) is 17.9. The summed E-state index contributed by atoms with van der Waals surface area (Å²) in [5, 5.41) is 12.6. The Morgan fingerprint density at radius 2 is 1.90 bits per heavy atom. The minimum Gasteiger partial charge on any atom is -0.482 e. The second-order valence-corrected chi connectivity index (χ2v) is 7.85. The van der Waals surface area contributed by atoms with Crippen molar-refractivity contribution in [3.8, 4) is 11.4 Å². The van der Waals surface area contributed by atoms with Gasteiger partial charge in [-0.15, -0.1) is 5.10 Å². The van der Waals surface area contributed by atoms with Crippen molar-refractivity contribution in [1.82, 2.24) is 30.0 Å². The standard InChI is InChI=1S/C20H19Cl2FN6O2/c21-14-4-5-18(17(22)10-14)31-13-20(30)28-8-6-27(7-9-28)12-19-24-25-26-29(19)16-3-1-2-15(23)11-16/h1-5,10-11H,6-9,12-13H2. The normalized spacial score (nSPS) is 14.6. The molecule has 8 nitrogen and oxygen atoms in total. The maximum Gasteiger partial charge on any atom is 0.260 e. The first-order valence-electron chi connectivity index (χ1n) is 9.61. The maximum absolute atomic E-state index is 13.5. The minimum atomic E-state index is -0.354. The van der Waals surface area contributed by atoms with Crippen molar-refractivity contribution >= 4 is 29.1 Å². The largest absolute Gasteiger partial charge is 0.482 e. The average Bonchev–Trinajstić information content (AvgIpc) is 3.21. The van der Waals surface area contributed by atoms with E-state index in [9.17, 15) is 9.18 Å². The molecular weight excluding hydrogens is 446 g/mol. The number of carbonyl (C=O) groups is 1. The van der Waals surface area contributed by atoms with Crippen molar-refractivity contribution in [2.45, 2.75) is 6.54 Å². The van der Waals surface area contributed by atoms with Crippen LogP contribution in [0, 0.1) is 5.82 Å². The van der Waals surface area contributed by atoms with Gasteiger partial charge in [-0.25, -0.2) is 4.39 Å². The van der Waals surface area contributed by atoms with E-state index >= 15 is 0 Å². The van der Waals surface area contributed by atoms with Crippen molar-refractivity contribution in [3.63, 3.8) is 0 Å². The lowest BCUT2D eigenvalue weighted by molar-refractivity contribution is -0.135. The molecule has 0 spiro atoms. The quantitative estimate of drug-likeness (QED) is 0.558. The van der Waals surface area contributed by atoms with Gasteiger partial charge in [0.25, 0.3) is 5.91 Å². The molecule has 31 heavy (non-hydrogen) atoms. The Hall–Kier alpha value is -2.75. The highest BCUT2D eigenvalue weighted by atomic mass is 35.5. The van der Waals surface area contributed by atoms with Crippen LogP contribution in [0.3, 0.4) is 0 Å². The molecule has 2 heterocycles. The summed E-state index contributed by atoms with van der Waals surface area (Å²) >= 11 is 11.9. The third-order valence-electron chi connectivity index (χ3n) is 4.92. The summed E-state index contributed by atoms with van der Waals surface area (Å²) in [6.07, 6.45) is 0. The molecular formula is C20H19Cl2FN6O2. The van der Waals surface area contributed by atoms with Crippen LogP contribution >= 0.6 is 23.2 Å². The topological polar surface area (TPSA) is 76.4 Å². The number of rotatable bonds is 6. The second kappa shape index (κ2) is 9.59. The Kier molecular flexibility index (Phi) is 6.64. The summed E-state index contributed by atoms with van der Waals surface area (Å²) in [4.78, 5) is 16.4. The van der Waals surface area contributed by atoms with E-state index in [4.69, 9.17) is 27.9 Å². The first kappa shape index (κ1) is 21.5. The third-order valence-corrected chi connectivity index (χ3v) is 5.45. The third kappa shape index (κ3) is 5.30. The maximum atomic E-state index is 13.5. The molecule has 1 aliphatic rings. The number of carbonyl (C=O) groups excluding carboxylic acids is 1. The van der Waals surface area contributed by atoms with Crippen LogP contribution in [0.5, 0.6) is 5.75 Å². The van der Waals surface area contributed by atoms with Gasteiger partial charge in [0.1, 0.15) is 11.6 Å². The van der Waals surface area contributed by atoms with Gasteiger partial charge in [-0.05, 0) is 46.8 Å². The Morgan fingerprint density at radius 3 is 2.65 bits per heavy atom. The summed E-state index contributed by atoms with van der Waals surface area (Å²) in [5.41, 5.74) is 0.562. The summed E-state index contributed by atoms with van der Waals surface area (Å²) < 4.78 is 20.6. The first-order chi connectivity index (χ1) is 15.0. The predicted molar refractivity (Wildman–Crippen MR) is 113 cm³/mol. The zero-order chi connectivity index (χ0) is 21.8. The molecule has 1 fully saturated rings. The number of hydrogen-bond acceptors (Lipinski definition) is 6. The van der Waals surface area contributed by atoms with Crippen molar-refractivity contribution in [2.75, 3.05) is 32.8 Å². The Balaban J connectivity index is 1.29. The van der Waals surface area contributed by atoms with E-state index in [1.54, 1.807) is 35.2 Å². The van der Waals surface area contributed by atoms with Crippen molar-refractivity contribution in [2.24, 2.45) is 0 Å². The van der Waals surface area contributed by atoms with Crippen LogP contribution in [0.15, 0.2) is 42.5 Å². The summed E-state index contributed by atoms with van der Waals surface area (Å²) in [7, 11) is 0. The molecule has 0 bridgehead atoms. The van der Waals surface area contributed by atoms with Gasteiger partial charge in [0, 0.05) is 31.2 Å². The van der Waals surface area contributed by atoms with Crippen molar-refractivity contribution in [3.05, 3.63) is 64.2 Å². The monoisotopic (exact) mass is 464 g/mol. The van der Waals surface area contributed by atoms with Crippen LogP contribution < -0.4 is 4.74 Å². The van der Waals surface area contributed by atoms with Gasteiger partial charge in [-0.1, -0.05) is 29.3 Å². The van der Waals surface area contributed by atoms with Gasteiger partial charge in [0.2, 0.25) is 0 Å². The number of tetrazole rings is 1. The lowest BCUT2D eigenvalue weighted by atomic mass is 10.3. The van der Waals surface area contributed by atoms with Crippen LogP contribution in [0.4, 0.5) is 4.39 Å². The molecule has 11 heteroatoms. The number of benzene rings is 2. The molecule has 1 amide bonds. The first-order valence-corrected chi connectivity index (χ1v) is 10.4. The number of piperazine rings is 1. The molecule has 1 saturated heterocycles. The van der Waals surface area contributed by atoms with E-state index in [0.29, 0.717) is 60.0 Å². The summed E-state index contributed by atoms with van der Waals surface area (Å²) in [6, 6.07) is 11.0. The molecule has 0 N–H and O–H groups in total. The van der Waals surface area contributed by atoms with Crippen molar-refractivity contribution < 1.29 is 13.9 Å². The van der Waals surface area contributed by atoms with Gasteiger partial charge in [-0.2, -0.15) is 4.68 Å². The number of amides is 1. The van der Waals surface area contributed by atoms with E-state index in [2.05, 4.69) is 20.4 Å². The lowest BCUT2D eigenvalue weighted by Crippen LogP contribution is -2.49. The molecule has 0 atom stereocenters. The van der Waals surface area contributed by atoms with Crippen LogP contribution in [-0.4, -0.2) is 68.7 Å². The SMILES string of the molecule is O=C(COc1ccc(Cl)cc1Cl)N1CCN(Cc2nnnn2-c2cccc(F)c2)CC1. The van der Waals surface area contributed by atoms with Crippen LogP contribution in [0.25, 0.3) is 5.69 Å². The van der Waals surface area contributed by atoms with Gasteiger partial charge >= 0.3 is 0 Å². The molecule has 4 rings (SSSR count). The van der Waals surface area contributed by atoms with Crippen molar-refractivity contribution in [1.29, 1.82) is 0 Å². The van der Waals surface area contributed by atoms with Gasteiger partial charge in [0.15, 0.2) is 12.4 Å². The molecule has 1 aromatic heterocycles. The Bertz CT molecular complexity index is 1070. The van der Waals surface area contributed by atoms with E-state index in [0.717, 1.165) is 0 Å². The number of aromatic nitrogens is 4. The molecule has 1 aliphatic heterocycles. The van der Waals surface area contributed by atoms with E-state index < -0.39 is 0 Å². The Labute approximate surface area is 188 Å². The summed E-state index contributed by atoms with van der Waals surface area (Å²) in [6.45, 7) is 2.81. The highest BCUT2D eigenvalue weighted by Crippen LogP contribution is 2.27. The fraction of sp³-hybridized carbons (Fsp3) is 0.300. The second-order valence-electron chi connectivity index (χ2n) is 7.01. The number of hydrogen-bond donors (Lipinski definition) is 0. The molecule has 162 valence electrons. The number of ether oxygens (including phenoxy) is 1. The molecule has 2 aromatic carbocycles. The van der Waals surface area contributed by atoms with Gasteiger partial charge in [-0.3, -0.25) is 9.69 Å². The fourth-order valence-corrected chi connectivity index (χ4v) is 3.75. The number of halogens is 3. The van der Waals surface area contributed by atoms with Crippen LogP contribution in [0.1, 0.15) is 5.82 Å².